The first-order chi connectivity index (χ1) is 14.0. The van der Waals surface area contributed by atoms with Crippen LogP contribution in [0.15, 0.2) is 17.4 Å². The van der Waals surface area contributed by atoms with Crippen LogP contribution >= 0.6 is 0 Å². The zero-order valence-electron chi connectivity index (χ0n) is 18.2. The molecule has 9 heteroatoms. The molecule has 1 aliphatic rings. The summed E-state index contributed by atoms with van der Waals surface area (Å²) in [5.74, 6) is 0.910. The highest BCUT2D eigenvalue weighted by molar-refractivity contribution is 5.80. The molecule has 3 rings (SSSR count). The molecule has 0 spiro atoms. The van der Waals surface area contributed by atoms with Crippen LogP contribution in [0.4, 0.5) is 0 Å². The molecule has 2 aromatic rings. The fourth-order valence-electron chi connectivity index (χ4n) is 3.59. The Morgan fingerprint density at radius 3 is 2.93 bits per heavy atom. The first-order valence-corrected chi connectivity index (χ1v) is 10.2. The Morgan fingerprint density at radius 2 is 2.24 bits per heavy atom. The molecule has 1 unspecified atom stereocenters. The van der Waals surface area contributed by atoms with Crippen molar-refractivity contribution in [1.82, 2.24) is 29.8 Å². The van der Waals surface area contributed by atoms with Crippen LogP contribution in [-0.4, -0.2) is 70.4 Å². The molecule has 0 aromatic carbocycles. The van der Waals surface area contributed by atoms with Crippen LogP contribution in [0.3, 0.4) is 0 Å². The maximum Gasteiger partial charge on any atom is 0.194 e. The van der Waals surface area contributed by atoms with Crippen molar-refractivity contribution in [2.24, 2.45) is 12.0 Å². The summed E-state index contributed by atoms with van der Waals surface area (Å²) >= 11 is 0. The second-order valence-corrected chi connectivity index (χ2v) is 7.29. The quantitative estimate of drug-likeness (QED) is 0.556. The van der Waals surface area contributed by atoms with Gasteiger partial charge in [-0.25, -0.2) is 4.99 Å². The molecule has 1 atom stereocenters. The Labute approximate surface area is 172 Å². The van der Waals surface area contributed by atoms with Crippen molar-refractivity contribution < 1.29 is 9.47 Å². The molecule has 1 saturated heterocycles. The molecule has 0 aliphatic carbocycles. The number of morpholine rings is 1. The van der Waals surface area contributed by atoms with Crippen LogP contribution < -0.4 is 5.32 Å². The summed E-state index contributed by atoms with van der Waals surface area (Å²) in [5, 5.41) is 12.3. The van der Waals surface area contributed by atoms with E-state index in [0.29, 0.717) is 19.8 Å². The SMILES string of the molecule is CCNC(=NCc1c(C)nn(CCOC)c1C)N1CCOC(c2cnn(C)c2)C1. The van der Waals surface area contributed by atoms with E-state index in [4.69, 9.17) is 14.5 Å². The third-order valence-corrected chi connectivity index (χ3v) is 5.22. The number of hydrogen-bond acceptors (Lipinski definition) is 5. The summed E-state index contributed by atoms with van der Waals surface area (Å²) in [6.45, 7) is 11.3. The fraction of sp³-hybridized carbons (Fsp3) is 0.650. The number of methoxy groups -OCH3 is 1. The monoisotopic (exact) mass is 403 g/mol. The number of guanidine groups is 1. The fourth-order valence-corrected chi connectivity index (χ4v) is 3.59. The summed E-state index contributed by atoms with van der Waals surface area (Å²) in [4.78, 5) is 7.20. The van der Waals surface area contributed by atoms with E-state index in [2.05, 4.69) is 34.3 Å². The minimum Gasteiger partial charge on any atom is -0.383 e. The first-order valence-electron chi connectivity index (χ1n) is 10.2. The van der Waals surface area contributed by atoms with E-state index >= 15 is 0 Å². The molecule has 29 heavy (non-hydrogen) atoms. The van der Waals surface area contributed by atoms with Gasteiger partial charge in [-0.3, -0.25) is 9.36 Å². The van der Waals surface area contributed by atoms with Crippen molar-refractivity contribution in [2.75, 3.05) is 40.0 Å². The van der Waals surface area contributed by atoms with E-state index in [-0.39, 0.29) is 6.10 Å². The lowest BCUT2D eigenvalue weighted by molar-refractivity contribution is -0.00805. The van der Waals surface area contributed by atoms with Gasteiger partial charge in [-0.15, -0.1) is 0 Å². The Bertz CT molecular complexity index is 827. The highest BCUT2D eigenvalue weighted by Crippen LogP contribution is 2.22. The van der Waals surface area contributed by atoms with Crippen LogP contribution in [0.25, 0.3) is 0 Å². The number of aryl methyl sites for hydroxylation is 2. The van der Waals surface area contributed by atoms with Crippen molar-refractivity contribution in [3.63, 3.8) is 0 Å². The molecule has 3 heterocycles. The molecule has 0 amide bonds. The van der Waals surface area contributed by atoms with Crippen molar-refractivity contribution in [3.05, 3.63) is 34.9 Å². The maximum absolute atomic E-state index is 5.97. The molecular weight excluding hydrogens is 370 g/mol. The van der Waals surface area contributed by atoms with Crippen molar-refractivity contribution >= 4 is 5.96 Å². The number of nitrogens with zero attached hydrogens (tertiary/aromatic N) is 6. The van der Waals surface area contributed by atoms with Gasteiger partial charge in [0.15, 0.2) is 5.96 Å². The van der Waals surface area contributed by atoms with E-state index in [1.165, 1.54) is 5.56 Å². The normalized spacial score (nSPS) is 17.8. The molecular formula is C20H33N7O2. The maximum atomic E-state index is 5.97. The number of nitrogens with one attached hydrogen (secondary N) is 1. The summed E-state index contributed by atoms with van der Waals surface area (Å²) in [6, 6.07) is 0. The summed E-state index contributed by atoms with van der Waals surface area (Å²) in [6.07, 6.45) is 3.89. The van der Waals surface area contributed by atoms with Gasteiger partial charge < -0.3 is 19.7 Å². The van der Waals surface area contributed by atoms with Gasteiger partial charge in [0.05, 0.1) is 44.7 Å². The molecule has 9 nitrogen and oxygen atoms in total. The minimum absolute atomic E-state index is 0.00146. The van der Waals surface area contributed by atoms with Gasteiger partial charge in [0, 0.05) is 50.3 Å². The Morgan fingerprint density at radius 1 is 1.41 bits per heavy atom. The predicted molar refractivity (Wildman–Crippen MR) is 112 cm³/mol. The van der Waals surface area contributed by atoms with Gasteiger partial charge in [-0.1, -0.05) is 0 Å². The molecule has 160 valence electrons. The van der Waals surface area contributed by atoms with Crippen LogP contribution in [0.5, 0.6) is 0 Å². The lowest BCUT2D eigenvalue weighted by Crippen LogP contribution is -2.48. The molecule has 1 fully saturated rings. The topological polar surface area (TPSA) is 81.7 Å². The lowest BCUT2D eigenvalue weighted by Gasteiger charge is -2.34. The predicted octanol–water partition coefficient (Wildman–Crippen LogP) is 1.42. The van der Waals surface area contributed by atoms with Gasteiger partial charge in [0.25, 0.3) is 0 Å². The largest absolute Gasteiger partial charge is 0.383 e. The highest BCUT2D eigenvalue weighted by Gasteiger charge is 2.25. The van der Waals surface area contributed by atoms with Crippen molar-refractivity contribution in [3.8, 4) is 0 Å². The second-order valence-electron chi connectivity index (χ2n) is 7.29. The van der Waals surface area contributed by atoms with E-state index in [0.717, 1.165) is 49.1 Å². The summed E-state index contributed by atoms with van der Waals surface area (Å²) in [7, 11) is 3.63. The third-order valence-electron chi connectivity index (χ3n) is 5.22. The number of aliphatic imine (C=N–C) groups is 1. The van der Waals surface area contributed by atoms with Gasteiger partial charge in [0.2, 0.25) is 0 Å². The summed E-state index contributed by atoms with van der Waals surface area (Å²) < 4.78 is 15.0. The second kappa shape index (κ2) is 9.89. The van der Waals surface area contributed by atoms with Gasteiger partial charge in [0.1, 0.15) is 6.10 Å². The molecule has 0 saturated carbocycles. The number of rotatable bonds is 7. The molecule has 0 radical (unpaired) electrons. The molecule has 0 bridgehead atoms. The van der Waals surface area contributed by atoms with Gasteiger partial charge in [-0.2, -0.15) is 10.2 Å². The highest BCUT2D eigenvalue weighted by atomic mass is 16.5. The van der Waals surface area contributed by atoms with Crippen LogP contribution in [0.1, 0.15) is 35.5 Å². The lowest BCUT2D eigenvalue weighted by atomic mass is 10.1. The van der Waals surface area contributed by atoms with Crippen molar-refractivity contribution in [1.29, 1.82) is 0 Å². The van der Waals surface area contributed by atoms with Crippen LogP contribution in [0, 0.1) is 13.8 Å². The van der Waals surface area contributed by atoms with E-state index < -0.39 is 0 Å². The van der Waals surface area contributed by atoms with E-state index in [1.54, 1.807) is 7.11 Å². The average Bonchev–Trinajstić information content (AvgIpc) is 3.27. The molecule has 1 aliphatic heterocycles. The minimum atomic E-state index is 0.00146. The van der Waals surface area contributed by atoms with E-state index in [9.17, 15) is 0 Å². The van der Waals surface area contributed by atoms with Gasteiger partial charge >= 0.3 is 0 Å². The average molecular weight is 404 g/mol. The summed E-state index contributed by atoms with van der Waals surface area (Å²) in [5.41, 5.74) is 4.44. The number of aromatic nitrogens is 4. The van der Waals surface area contributed by atoms with E-state index in [1.807, 2.05) is 35.7 Å². The molecule has 1 N–H and O–H groups in total. The zero-order chi connectivity index (χ0) is 20.8. The van der Waals surface area contributed by atoms with Crippen LogP contribution in [-0.2, 0) is 29.6 Å². The van der Waals surface area contributed by atoms with Crippen LogP contribution in [0.2, 0.25) is 0 Å². The Kier molecular flexibility index (Phi) is 7.27. The Hall–Kier alpha value is -2.39. The van der Waals surface area contributed by atoms with Gasteiger partial charge in [-0.05, 0) is 20.8 Å². The molecule has 2 aromatic heterocycles. The first kappa shape index (κ1) is 21.3. The Balaban J connectivity index is 1.73. The number of ether oxygens (including phenoxy) is 2. The standard InChI is InChI=1S/C20H33N7O2/c1-6-21-20(22-12-18-15(2)24-27(16(18)3)8-9-28-5)26-7-10-29-19(14-26)17-11-23-25(4)13-17/h11,13,19H,6-10,12,14H2,1-5H3,(H,21,22). The van der Waals surface area contributed by atoms with Crippen molar-refractivity contribution in [2.45, 2.75) is 40.0 Å². The zero-order valence-corrected chi connectivity index (χ0v) is 18.2. The third kappa shape index (κ3) is 5.16. The smallest absolute Gasteiger partial charge is 0.194 e. The number of hydrogen-bond donors (Lipinski definition) is 1.